The number of nitrogens with zero attached hydrogens (tertiary/aromatic N) is 2. The van der Waals surface area contributed by atoms with Crippen molar-refractivity contribution in [3.05, 3.63) is 17.6 Å². The molecule has 1 aromatic heterocycles. The lowest BCUT2D eigenvalue weighted by atomic mass is 10.1. The predicted octanol–water partition coefficient (Wildman–Crippen LogP) is 2.11. The third-order valence-electron chi connectivity index (χ3n) is 2.66. The van der Waals surface area contributed by atoms with Gasteiger partial charge in [-0.2, -0.15) is 4.98 Å². The molecule has 0 saturated heterocycles. The van der Waals surface area contributed by atoms with Gasteiger partial charge in [-0.15, -0.1) is 0 Å². The molecule has 1 N–H and O–H groups in total. The molecule has 0 radical (unpaired) electrons. The summed E-state index contributed by atoms with van der Waals surface area (Å²) in [5, 5.41) is 3.49. The van der Waals surface area contributed by atoms with Crippen molar-refractivity contribution in [2.24, 2.45) is 0 Å². The quantitative estimate of drug-likeness (QED) is 0.789. The van der Waals surface area contributed by atoms with Crippen LogP contribution in [0.5, 0.6) is 5.88 Å². The lowest BCUT2D eigenvalue weighted by Gasteiger charge is -2.16. The minimum Gasteiger partial charge on any atom is -0.481 e. The van der Waals surface area contributed by atoms with Crippen molar-refractivity contribution in [2.45, 2.75) is 46.1 Å². The van der Waals surface area contributed by atoms with Crippen LogP contribution >= 0.6 is 0 Å². The highest BCUT2D eigenvalue weighted by Gasteiger charge is 2.10. The van der Waals surface area contributed by atoms with Gasteiger partial charge in [0.2, 0.25) is 5.88 Å². The molecule has 0 spiro atoms. The average molecular weight is 237 g/mol. The third-order valence-corrected chi connectivity index (χ3v) is 2.66. The van der Waals surface area contributed by atoms with E-state index in [9.17, 15) is 0 Å². The van der Waals surface area contributed by atoms with E-state index >= 15 is 0 Å². The number of hydrogen-bond donors (Lipinski definition) is 1. The summed E-state index contributed by atoms with van der Waals surface area (Å²) in [4.78, 5) is 8.65. The van der Waals surface area contributed by atoms with Gasteiger partial charge in [0, 0.05) is 24.2 Å². The number of aromatic nitrogens is 2. The second kappa shape index (κ2) is 7.22. The van der Waals surface area contributed by atoms with Crippen LogP contribution in [0.2, 0.25) is 0 Å². The van der Waals surface area contributed by atoms with E-state index in [2.05, 4.69) is 29.1 Å². The number of rotatable bonds is 7. The van der Waals surface area contributed by atoms with Gasteiger partial charge < -0.3 is 10.1 Å². The molecule has 0 aliphatic rings. The van der Waals surface area contributed by atoms with Crippen molar-refractivity contribution in [3.8, 4) is 5.88 Å². The molecule has 96 valence electrons. The van der Waals surface area contributed by atoms with Crippen molar-refractivity contribution in [1.29, 1.82) is 0 Å². The van der Waals surface area contributed by atoms with Gasteiger partial charge in [0.1, 0.15) is 5.82 Å². The Bertz CT molecular complexity index is 335. The van der Waals surface area contributed by atoms with Crippen LogP contribution in [-0.2, 0) is 6.42 Å². The highest BCUT2D eigenvalue weighted by molar-refractivity contribution is 5.16. The fourth-order valence-electron chi connectivity index (χ4n) is 1.97. The van der Waals surface area contributed by atoms with E-state index in [-0.39, 0.29) is 0 Å². The zero-order valence-electron chi connectivity index (χ0n) is 11.3. The maximum Gasteiger partial charge on any atom is 0.216 e. The number of nitrogens with one attached hydrogen (secondary N) is 1. The fraction of sp³-hybridized carbons (Fsp3) is 0.692. The van der Waals surface area contributed by atoms with Crippen LogP contribution in [0.25, 0.3) is 0 Å². The van der Waals surface area contributed by atoms with E-state index in [1.165, 1.54) is 12.8 Å². The summed E-state index contributed by atoms with van der Waals surface area (Å²) in [7, 11) is 1.64. The Kier molecular flexibility index (Phi) is 5.91. The Morgan fingerprint density at radius 3 is 2.71 bits per heavy atom. The molecule has 0 aromatic carbocycles. The van der Waals surface area contributed by atoms with Gasteiger partial charge in [-0.1, -0.05) is 20.3 Å². The summed E-state index contributed by atoms with van der Waals surface area (Å²) in [5.74, 6) is 1.42. The molecule has 1 heterocycles. The van der Waals surface area contributed by atoms with Gasteiger partial charge in [0.25, 0.3) is 0 Å². The van der Waals surface area contributed by atoms with Crippen molar-refractivity contribution in [2.75, 3.05) is 13.7 Å². The Hall–Kier alpha value is -1.16. The van der Waals surface area contributed by atoms with Crippen LogP contribution < -0.4 is 10.1 Å². The minimum atomic E-state index is 0.490. The van der Waals surface area contributed by atoms with Crippen LogP contribution in [0, 0.1) is 6.92 Å². The topological polar surface area (TPSA) is 47.0 Å². The first kappa shape index (κ1) is 13.9. The molecule has 1 rings (SSSR count). The molecule has 0 saturated carbocycles. The second-order valence-corrected chi connectivity index (χ2v) is 4.20. The van der Waals surface area contributed by atoms with Gasteiger partial charge >= 0.3 is 0 Å². The highest BCUT2D eigenvalue weighted by Crippen LogP contribution is 2.12. The molecular formula is C13H23N3O. The van der Waals surface area contributed by atoms with Crippen LogP contribution in [0.4, 0.5) is 0 Å². The molecule has 1 aromatic rings. The van der Waals surface area contributed by atoms with Gasteiger partial charge in [-0.25, -0.2) is 4.98 Å². The first-order chi connectivity index (χ1) is 8.19. The van der Waals surface area contributed by atoms with Gasteiger partial charge in [-0.05, 0) is 19.9 Å². The molecule has 0 bridgehead atoms. The fourth-order valence-corrected chi connectivity index (χ4v) is 1.97. The Morgan fingerprint density at radius 1 is 1.35 bits per heavy atom. The molecule has 0 aliphatic carbocycles. The monoisotopic (exact) mass is 237 g/mol. The Balaban J connectivity index is 2.73. The summed E-state index contributed by atoms with van der Waals surface area (Å²) in [6, 6.07) is 2.41. The zero-order chi connectivity index (χ0) is 12.7. The third kappa shape index (κ3) is 4.69. The summed E-state index contributed by atoms with van der Waals surface area (Å²) < 4.78 is 5.17. The first-order valence-electron chi connectivity index (χ1n) is 6.31. The number of hydrogen-bond acceptors (Lipinski definition) is 4. The van der Waals surface area contributed by atoms with Gasteiger partial charge in [0.15, 0.2) is 0 Å². The standard InChI is InChI=1S/C13H23N3O/c1-5-7-11(14-6-2)8-12-9-13(17-4)16-10(3)15-12/h9,11,14H,5-8H2,1-4H3. The predicted molar refractivity (Wildman–Crippen MR) is 69.4 cm³/mol. The summed E-state index contributed by atoms with van der Waals surface area (Å²) >= 11 is 0. The largest absolute Gasteiger partial charge is 0.481 e. The number of aryl methyl sites for hydroxylation is 1. The molecule has 4 nitrogen and oxygen atoms in total. The van der Waals surface area contributed by atoms with Crippen LogP contribution in [-0.4, -0.2) is 29.7 Å². The number of ether oxygens (including phenoxy) is 1. The number of likely N-dealkylation sites (N-methyl/N-ethyl adjacent to an activating group) is 1. The normalized spacial score (nSPS) is 12.5. The summed E-state index contributed by atoms with van der Waals surface area (Å²) in [5.41, 5.74) is 1.05. The highest BCUT2D eigenvalue weighted by atomic mass is 16.5. The maximum absolute atomic E-state index is 5.17. The second-order valence-electron chi connectivity index (χ2n) is 4.20. The van der Waals surface area contributed by atoms with Gasteiger partial charge in [-0.3, -0.25) is 0 Å². The Labute approximate surface area is 104 Å². The van der Waals surface area contributed by atoms with Gasteiger partial charge in [0.05, 0.1) is 7.11 Å². The molecule has 0 amide bonds. The molecule has 4 heteroatoms. The lowest BCUT2D eigenvalue weighted by molar-refractivity contribution is 0.393. The number of methoxy groups -OCH3 is 1. The van der Waals surface area contributed by atoms with E-state index in [0.29, 0.717) is 11.9 Å². The molecule has 1 unspecified atom stereocenters. The Morgan fingerprint density at radius 2 is 2.12 bits per heavy atom. The van der Waals surface area contributed by atoms with Crippen molar-refractivity contribution in [3.63, 3.8) is 0 Å². The zero-order valence-corrected chi connectivity index (χ0v) is 11.3. The van der Waals surface area contributed by atoms with E-state index in [0.717, 1.165) is 24.5 Å². The molecule has 0 aliphatic heterocycles. The lowest BCUT2D eigenvalue weighted by Crippen LogP contribution is -2.31. The van der Waals surface area contributed by atoms with Crippen LogP contribution in [0.15, 0.2) is 6.07 Å². The van der Waals surface area contributed by atoms with Crippen molar-refractivity contribution in [1.82, 2.24) is 15.3 Å². The van der Waals surface area contributed by atoms with Crippen molar-refractivity contribution < 1.29 is 4.74 Å². The molecule has 1 atom stereocenters. The minimum absolute atomic E-state index is 0.490. The summed E-state index contributed by atoms with van der Waals surface area (Å²) in [6.45, 7) is 7.23. The van der Waals surface area contributed by atoms with Crippen molar-refractivity contribution >= 4 is 0 Å². The molecule has 0 fully saturated rings. The average Bonchev–Trinajstić information content (AvgIpc) is 2.29. The van der Waals surface area contributed by atoms with E-state index in [1.807, 2.05) is 13.0 Å². The molecular weight excluding hydrogens is 214 g/mol. The maximum atomic E-state index is 5.17. The SMILES string of the molecule is CCCC(Cc1cc(OC)nc(C)n1)NCC. The summed E-state index contributed by atoms with van der Waals surface area (Å²) in [6.07, 6.45) is 3.28. The van der Waals surface area contributed by atoms with E-state index < -0.39 is 0 Å². The van der Waals surface area contributed by atoms with E-state index in [4.69, 9.17) is 4.74 Å². The molecule has 17 heavy (non-hydrogen) atoms. The van der Waals surface area contributed by atoms with Crippen LogP contribution in [0.3, 0.4) is 0 Å². The van der Waals surface area contributed by atoms with E-state index in [1.54, 1.807) is 7.11 Å². The van der Waals surface area contributed by atoms with Crippen LogP contribution in [0.1, 0.15) is 38.2 Å². The smallest absolute Gasteiger partial charge is 0.216 e. The first-order valence-corrected chi connectivity index (χ1v) is 6.31.